The molecular formula is C11H12N4O3. The number of carboxylic acid groups (broad SMARTS) is 1. The van der Waals surface area contributed by atoms with Crippen LogP contribution in [0.2, 0.25) is 0 Å². The number of nitrogens with two attached hydrogens (primary N) is 1. The lowest BCUT2D eigenvalue weighted by Crippen LogP contribution is -2.05. The number of hydrogen-bond donors (Lipinski definition) is 3. The van der Waals surface area contributed by atoms with E-state index >= 15 is 0 Å². The van der Waals surface area contributed by atoms with E-state index in [2.05, 4.69) is 15.5 Å². The number of hydrogen-bond acceptors (Lipinski definition) is 6. The summed E-state index contributed by atoms with van der Waals surface area (Å²) in [5.41, 5.74) is 6.59. The van der Waals surface area contributed by atoms with Gasteiger partial charge in [-0.2, -0.15) is 4.98 Å². The monoisotopic (exact) mass is 248 g/mol. The second-order valence-corrected chi connectivity index (χ2v) is 3.70. The molecule has 0 saturated carbocycles. The van der Waals surface area contributed by atoms with Crippen LogP contribution >= 0.6 is 0 Å². The van der Waals surface area contributed by atoms with Gasteiger partial charge in [0.15, 0.2) is 5.82 Å². The van der Waals surface area contributed by atoms with E-state index in [9.17, 15) is 4.79 Å². The van der Waals surface area contributed by atoms with Gasteiger partial charge in [-0.15, -0.1) is 0 Å². The number of aromatic carboxylic acids is 1. The Kier molecular flexibility index (Phi) is 3.13. The summed E-state index contributed by atoms with van der Waals surface area (Å²) < 4.78 is 4.93. The summed E-state index contributed by atoms with van der Waals surface area (Å²) in [7, 11) is 0. The van der Waals surface area contributed by atoms with Gasteiger partial charge >= 0.3 is 5.97 Å². The molecule has 18 heavy (non-hydrogen) atoms. The quantitative estimate of drug-likeness (QED) is 0.698. The number of carboxylic acids is 1. The van der Waals surface area contributed by atoms with Crippen molar-refractivity contribution in [2.75, 3.05) is 11.1 Å². The summed E-state index contributed by atoms with van der Waals surface area (Å²) in [4.78, 5) is 14.8. The highest BCUT2D eigenvalue weighted by atomic mass is 16.5. The predicted molar refractivity (Wildman–Crippen MR) is 64.2 cm³/mol. The lowest BCUT2D eigenvalue weighted by atomic mass is 10.1. The van der Waals surface area contributed by atoms with E-state index in [0.717, 1.165) is 0 Å². The number of aromatic nitrogens is 2. The van der Waals surface area contributed by atoms with Crippen molar-refractivity contribution < 1.29 is 14.4 Å². The minimum Gasteiger partial charge on any atom is -0.478 e. The molecule has 0 aliphatic carbocycles. The number of rotatable bonds is 4. The molecule has 0 atom stereocenters. The standard InChI is InChI=1S/C11H12N4O3/c1-6-14-10(18-15-6)5-13-7-2-3-8(11(16)17)9(12)4-7/h2-4,13H,5,12H2,1H3,(H,16,17). The molecule has 0 saturated heterocycles. The third kappa shape index (κ3) is 2.57. The van der Waals surface area contributed by atoms with Crippen LogP contribution in [0.1, 0.15) is 22.1 Å². The van der Waals surface area contributed by atoms with Gasteiger partial charge in [0.25, 0.3) is 0 Å². The number of aryl methyl sites for hydroxylation is 1. The summed E-state index contributed by atoms with van der Waals surface area (Å²) in [5, 5.41) is 15.5. The SMILES string of the molecule is Cc1noc(CNc2ccc(C(=O)O)c(N)c2)n1. The average molecular weight is 248 g/mol. The van der Waals surface area contributed by atoms with Gasteiger partial charge in [-0.25, -0.2) is 4.79 Å². The number of benzene rings is 1. The molecule has 4 N–H and O–H groups in total. The highest BCUT2D eigenvalue weighted by Crippen LogP contribution is 2.18. The van der Waals surface area contributed by atoms with E-state index in [4.69, 9.17) is 15.4 Å². The second kappa shape index (κ2) is 4.74. The molecule has 1 heterocycles. The zero-order chi connectivity index (χ0) is 13.1. The highest BCUT2D eigenvalue weighted by Gasteiger charge is 2.08. The first-order valence-corrected chi connectivity index (χ1v) is 5.22. The summed E-state index contributed by atoms with van der Waals surface area (Å²) in [6, 6.07) is 4.62. The Bertz CT molecular complexity index is 579. The van der Waals surface area contributed by atoms with Gasteiger partial charge in [-0.05, 0) is 25.1 Å². The topological polar surface area (TPSA) is 114 Å². The van der Waals surface area contributed by atoms with Crippen LogP contribution in [0.15, 0.2) is 22.7 Å². The fourth-order valence-corrected chi connectivity index (χ4v) is 1.46. The molecule has 0 amide bonds. The van der Waals surface area contributed by atoms with Crippen molar-refractivity contribution >= 4 is 17.3 Å². The summed E-state index contributed by atoms with van der Waals surface area (Å²) in [6.45, 7) is 2.08. The van der Waals surface area contributed by atoms with Crippen molar-refractivity contribution in [3.63, 3.8) is 0 Å². The summed E-state index contributed by atoms with van der Waals surface area (Å²) >= 11 is 0. The molecule has 1 aromatic heterocycles. The fourth-order valence-electron chi connectivity index (χ4n) is 1.46. The number of anilines is 2. The van der Waals surface area contributed by atoms with Crippen LogP contribution in [0.4, 0.5) is 11.4 Å². The molecule has 0 bridgehead atoms. The third-order valence-electron chi connectivity index (χ3n) is 2.30. The van der Waals surface area contributed by atoms with Gasteiger partial charge in [0.05, 0.1) is 12.1 Å². The molecule has 1 aromatic carbocycles. The fraction of sp³-hybridized carbons (Fsp3) is 0.182. The Morgan fingerprint density at radius 3 is 2.89 bits per heavy atom. The lowest BCUT2D eigenvalue weighted by molar-refractivity contribution is 0.0698. The van der Waals surface area contributed by atoms with Crippen molar-refractivity contribution in [3.05, 3.63) is 35.5 Å². The molecule has 7 heteroatoms. The molecule has 0 fully saturated rings. The van der Waals surface area contributed by atoms with Crippen LogP contribution in [0.3, 0.4) is 0 Å². The maximum atomic E-state index is 10.8. The molecule has 2 rings (SSSR count). The summed E-state index contributed by atoms with van der Waals surface area (Å²) in [5.74, 6) is -0.0347. The number of carbonyl (C=O) groups is 1. The maximum Gasteiger partial charge on any atom is 0.337 e. The molecule has 2 aromatic rings. The smallest absolute Gasteiger partial charge is 0.337 e. The second-order valence-electron chi connectivity index (χ2n) is 3.70. The van der Waals surface area contributed by atoms with Crippen molar-refractivity contribution in [1.29, 1.82) is 0 Å². The number of nitrogen functional groups attached to an aromatic ring is 1. The molecular weight excluding hydrogens is 236 g/mol. The maximum absolute atomic E-state index is 10.8. The van der Waals surface area contributed by atoms with E-state index in [0.29, 0.717) is 23.9 Å². The Labute approximate surface area is 103 Å². The molecule has 0 unspecified atom stereocenters. The molecule has 94 valence electrons. The van der Waals surface area contributed by atoms with Crippen molar-refractivity contribution in [2.45, 2.75) is 13.5 Å². The zero-order valence-electron chi connectivity index (χ0n) is 9.67. The molecule has 0 spiro atoms. The van der Waals surface area contributed by atoms with E-state index < -0.39 is 5.97 Å². The average Bonchev–Trinajstić information content (AvgIpc) is 2.72. The van der Waals surface area contributed by atoms with Crippen molar-refractivity contribution in [1.82, 2.24) is 10.1 Å². The Balaban J connectivity index is 2.06. The highest BCUT2D eigenvalue weighted by molar-refractivity contribution is 5.94. The van der Waals surface area contributed by atoms with E-state index in [1.165, 1.54) is 6.07 Å². The van der Waals surface area contributed by atoms with Crippen molar-refractivity contribution in [2.24, 2.45) is 0 Å². The lowest BCUT2D eigenvalue weighted by Gasteiger charge is -2.06. The number of nitrogens with zero attached hydrogens (tertiary/aromatic N) is 2. The van der Waals surface area contributed by atoms with Crippen LogP contribution in [0, 0.1) is 6.92 Å². The first-order valence-electron chi connectivity index (χ1n) is 5.22. The predicted octanol–water partition coefficient (Wildman–Crippen LogP) is 1.27. The first-order chi connectivity index (χ1) is 8.56. The minimum atomic E-state index is -1.05. The molecule has 0 aliphatic heterocycles. The Morgan fingerprint density at radius 2 is 2.33 bits per heavy atom. The van der Waals surface area contributed by atoms with Gasteiger partial charge < -0.3 is 20.7 Å². The van der Waals surface area contributed by atoms with Crippen LogP contribution in [0.25, 0.3) is 0 Å². The summed E-state index contributed by atoms with van der Waals surface area (Å²) in [6.07, 6.45) is 0. The van der Waals surface area contributed by atoms with Gasteiger partial charge in [-0.1, -0.05) is 5.16 Å². The van der Waals surface area contributed by atoms with Gasteiger partial charge in [0.1, 0.15) is 0 Å². The Hall–Kier alpha value is -2.57. The van der Waals surface area contributed by atoms with Crippen LogP contribution in [0.5, 0.6) is 0 Å². The normalized spacial score (nSPS) is 10.3. The van der Waals surface area contributed by atoms with Gasteiger partial charge in [0, 0.05) is 11.4 Å². The van der Waals surface area contributed by atoms with Crippen LogP contribution in [-0.2, 0) is 6.54 Å². The van der Waals surface area contributed by atoms with Crippen molar-refractivity contribution in [3.8, 4) is 0 Å². The molecule has 7 nitrogen and oxygen atoms in total. The van der Waals surface area contributed by atoms with E-state index in [-0.39, 0.29) is 11.3 Å². The minimum absolute atomic E-state index is 0.0779. The Morgan fingerprint density at radius 1 is 1.56 bits per heavy atom. The van der Waals surface area contributed by atoms with Gasteiger partial charge in [0.2, 0.25) is 5.89 Å². The van der Waals surface area contributed by atoms with E-state index in [1.807, 2.05) is 0 Å². The largest absolute Gasteiger partial charge is 0.478 e. The zero-order valence-corrected chi connectivity index (χ0v) is 9.67. The van der Waals surface area contributed by atoms with Crippen LogP contribution < -0.4 is 11.1 Å². The number of nitrogens with one attached hydrogen (secondary N) is 1. The van der Waals surface area contributed by atoms with E-state index in [1.54, 1.807) is 19.1 Å². The third-order valence-corrected chi connectivity index (χ3v) is 2.30. The first kappa shape index (κ1) is 11.9. The molecule has 0 aliphatic rings. The van der Waals surface area contributed by atoms with Crippen LogP contribution in [-0.4, -0.2) is 21.2 Å². The van der Waals surface area contributed by atoms with Gasteiger partial charge in [-0.3, -0.25) is 0 Å². The molecule has 0 radical (unpaired) electrons.